The number of rotatable bonds is 7. The Morgan fingerprint density at radius 3 is 2.51 bits per heavy atom. The number of benzene rings is 3. The Morgan fingerprint density at radius 1 is 1.08 bits per heavy atom. The Labute approximate surface area is 218 Å². The first-order valence-corrected chi connectivity index (χ1v) is 12.2. The smallest absolute Gasteiger partial charge is 0.342 e. The van der Waals surface area contributed by atoms with E-state index < -0.39 is 0 Å². The van der Waals surface area contributed by atoms with Gasteiger partial charge in [-0.1, -0.05) is 35.9 Å². The number of phenols is 1. The van der Waals surface area contributed by atoms with Crippen molar-refractivity contribution in [3.8, 4) is 22.8 Å². The third-order valence-corrected chi connectivity index (χ3v) is 6.51. The SMILES string of the molecule is COc1ccc(CNC(=O)n2nc(-c3ccc(NC(=O)c4ccccc4Cl)cc3O)cc2C2CC2)cc1. The molecule has 2 amide bonds. The van der Waals surface area contributed by atoms with Crippen LogP contribution >= 0.6 is 11.6 Å². The molecule has 1 heterocycles. The Kier molecular flexibility index (Phi) is 6.83. The van der Waals surface area contributed by atoms with E-state index in [9.17, 15) is 14.7 Å². The van der Waals surface area contributed by atoms with Crippen LogP contribution in [0.2, 0.25) is 5.02 Å². The molecular formula is C28H25ClN4O4. The van der Waals surface area contributed by atoms with Gasteiger partial charge < -0.3 is 20.5 Å². The number of anilines is 1. The van der Waals surface area contributed by atoms with Gasteiger partial charge in [-0.3, -0.25) is 4.79 Å². The van der Waals surface area contributed by atoms with Crippen LogP contribution in [0, 0.1) is 0 Å². The van der Waals surface area contributed by atoms with E-state index in [0.717, 1.165) is 29.8 Å². The first-order chi connectivity index (χ1) is 17.9. The van der Waals surface area contributed by atoms with Crippen LogP contribution in [0.5, 0.6) is 11.5 Å². The zero-order chi connectivity index (χ0) is 25.9. The summed E-state index contributed by atoms with van der Waals surface area (Å²) in [7, 11) is 1.60. The summed E-state index contributed by atoms with van der Waals surface area (Å²) >= 11 is 6.11. The summed E-state index contributed by atoms with van der Waals surface area (Å²) in [5.74, 6) is 0.551. The minimum absolute atomic E-state index is 0.0670. The molecule has 1 aliphatic rings. The number of phenolic OH excluding ortho intramolecular Hbond substituents is 1. The number of ether oxygens (including phenoxy) is 1. The van der Waals surface area contributed by atoms with Crippen molar-refractivity contribution in [1.82, 2.24) is 15.1 Å². The Hall–Kier alpha value is -4.30. The molecule has 8 nitrogen and oxygen atoms in total. The van der Waals surface area contributed by atoms with Crippen LogP contribution in [0.4, 0.5) is 10.5 Å². The minimum atomic E-state index is -0.383. The van der Waals surface area contributed by atoms with Gasteiger partial charge >= 0.3 is 6.03 Å². The Balaban J connectivity index is 1.33. The quantitative estimate of drug-likeness (QED) is 0.287. The van der Waals surface area contributed by atoms with Gasteiger partial charge in [-0.15, -0.1) is 0 Å². The van der Waals surface area contributed by atoms with Crippen molar-refractivity contribution in [3.63, 3.8) is 0 Å². The molecule has 1 fully saturated rings. The molecule has 9 heteroatoms. The molecule has 0 spiro atoms. The van der Waals surface area contributed by atoms with Crippen molar-refractivity contribution < 1.29 is 19.4 Å². The molecule has 0 bridgehead atoms. The summed E-state index contributed by atoms with van der Waals surface area (Å²) in [4.78, 5) is 25.6. The number of amides is 2. The average molecular weight is 517 g/mol. The molecule has 0 radical (unpaired) electrons. The fourth-order valence-electron chi connectivity index (χ4n) is 4.03. The average Bonchev–Trinajstić information content (AvgIpc) is 3.66. The predicted molar refractivity (Wildman–Crippen MR) is 141 cm³/mol. The molecular weight excluding hydrogens is 492 g/mol. The molecule has 3 aromatic carbocycles. The second kappa shape index (κ2) is 10.4. The maximum Gasteiger partial charge on any atom is 0.342 e. The lowest BCUT2D eigenvalue weighted by Gasteiger charge is -2.09. The maximum absolute atomic E-state index is 13.0. The molecule has 37 heavy (non-hydrogen) atoms. The van der Waals surface area contributed by atoms with E-state index in [4.69, 9.17) is 16.3 Å². The van der Waals surface area contributed by atoms with Crippen LogP contribution in [-0.4, -0.2) is 33.9 Å². The van der Waals surface area contributed by atoms with E-state index in [0.29, 0.717) is 34.1 Å². The van der Waals surface area contributed by atoms with E-state index in [1.807, 2.05) is 30.3 Å². The minimum Gasteiger partial charge on any atom is -0.507 e. The largest absolute Gasteiger partial charge is 0.507 e. The van der Waals surface area contributed by atoms with Crippen LogP contribution < -0.4 is 15.4 Å². The van der Waals surface area contributed by atoms with Gasteiger partial charge in [0, 0.05) is 29.8 Å². The fraction of sp³-hybridized carbons (Fsp3) is 0.179. The highest BCUT2D eigenvalue weighted by Crippen LogP contribution is 2.42. The van der Waals surface area contributed by atoms with Gasteiger partial charge in [0.2, 0.25) is 0 Å². The lowest BCUT2D eigenvalue weighted by molar-refractivity contribution is 0.102. The van der Waals surface area contributed by atoms with Gasteiger partial charge in [-0.25, -0.2) is 4.79 Å². The second-order valence-electron chi connectivity index (χ2n) is 8.81. The summed E-state index contributed by atoms with van der Waals surface area (Å²) in [6.45, 7) is 0.340. The third kappa shape index (κ3) is 5.44. The van der Waals surface area contributed by atoms with Crippen LogP contribution in [0.15, 0.2) is 72.8 Å². The highest BCUT2D eigenvalue weighted by molar-refractivity contribution is 6.34. The zero-order valence-electron chi connectivity index (χ0n) is 20.1. The zero-order valence-corrected chi connectivity index (χ0v) is 20.8. The summed E-state index contributed by atoms with van der Waals surface area (Å²) < 4.78 is 6.55. The Bertz CT molecular complexity index is 1460. The first-order valence-electron chi connectivity index (χ1n) is 11.8. The first kappa shape index (κ1) is 24.4. The van der Waals surface area contributed by atoms with E-state index in [-0.39, 0.29) is 23.6 Å². The summed E-state index contributed by atoms with van der Waals surface area (Å²) in [5.41, 5.74) is 3.41. The van der Waals surface area contributed by atoms with Gasteiger partial charge in [0.15, 0.2) is 0 Å². The van der Waals surface area contributed by atoms with E-state index in [2.05, 4.69) is 15.7 Å². The molecule has 3 N–H and O–H groups in total. The molecule has 0 saturated heterocycles. The topological polar surface area (TPSA) is 105 Å². The number of hydrogen-bond donors (Lipinski definition) is 3. The van der Waals surface area contributed by atoms with Crippen molar-refractivity contribution in [2.45, 2.75) is 25.3 Å². The third-order valence-electron chi connectivity index (χ3n) is 6.18. The molecule has 0 unspecified atom stereocenters. The molecule has 1 aromatic heterocycles. The van der Waals surface area contributed by atoms with Crippen LogP contribution in [0.3, 0.4) is 0 Å². The number of methoxy groups -OCH3 is 1. The maximum atomic E-state index is 13.0. The van der Waals surface area contributed by atoms with E-state index in [1.54, 1.807) is 43.5 Å². The fourth-order valence-corrected chi connectivity index (χ4v) is 4.25. The summed E-state index contributed by atoms with van der Waals surface area (Å²) in [6.07, 6.45) is 1.96. The predicted octanol–water partition coefficient (Wildman–Crippen LogP) is 5.81. The standard InChI is InChI=1S/C28H25ClN4O4/c1-37-20-11-6-17(7-12-20)16-30-28(36)33-25(18-8-9-18)15-24(32-33)22-13-10-19(14-26(22)34)31-27(35)21-4-2-3-5-23(21)29/h2-7,10-15,18,34H,8-9,16H2,1H3,(H,30,36)(H,31,35). The van der Waals surface area contributed by atoms with Crippen molar-refractivity contribution in [2.24, 2.45) is 0 Å². The van der Waals surface area contributed by atoms with Crippen molar-refractivity contribution in [1.29, 1.82) is 0 Å². The number of nitrogens with zero attached hydrogens (tertiary/aromatic N) is 2. The van der Waals surface area contributed by atoms with E-state index >= 15 is 0 Å². The number of halogens is 1. The van der Waals surface area contributed by atoms with Gasteiger partial charge in [0.05, 0.1) is 29.1 Å². The second-order valence-corrected chi connectivity index (χ2v) is 9.22. The number of hydrogen-bond acceptors (Lipinski definition) is 5. The van der Waals surface area contributed by atoms with Gasteiger partial charge in [0.1, 0.15) is 11.5 Å². The molecule has 4 aromatic rings. The number of nitrogens with one attached hydrogen (secondary N) is 2. The molecule has 1 aliphatic carbocycles. The molecule has 1 saturated carbocycles. The van der Waals surface area contributed by atoms with E-state index in [1.165, 1.54) is 10.7 Å². The summed E-state index contributed by atoms with van der Waals surface area (Å²) in [6, 6.07) is 20.5. The van der Waals surface area contributed by atoms with Gasteiger partial charge in [0.25, 0.3) is 5.91 Å². The van der Waals surface area contributed by atoms with Crippen LogP contribution in [-0.2, 0) is 6.54 Å². The van der Waals surface area contributed by atoms with Crippen molar-refractivity contribution in [2.75, 3.05) is 12.4 Å². The van der Waals surface area contributed by atoms with Crippen molar-refractivity contribution in [3.05, 3.63) is 94.6 Å². The van der Waals surface area contributed by atoms with Crippen LogP contribution in [0.25, 0.3) is 11.3 Å². The number of carbonyl (C=O) groups is 2. The lowest BCUT2D eigenvalue weighted by Crippen LogP contribution is -2.30. The molecule has 0 aliphatic heterocycles. The molecule has 5 rings (SSSR count). The highest BCUT2D eigenvalue weighted by atomic mass is 35.5. The molecule has 0 atom stereocenters. The normalized spacial score (nSPS) is 12.7. The molecule has 188 valence electrons. The number of aromatic hydroxyl groups is 1. The van der Waals surface area contributed by atoms with Crippen molar-refractivity contribution >= 4 is 29.2 Å². The van der Waals surface area contributed by atoms with Crippen LogP contribution in [0.1, 0.15) is 40.4 Å². The number of carbonyl (C=O) groups excluding carboxylic acids is 2. The highest BCUT2D eigenvalue weighted by Gasteiger charge is 2.30. The Morgan fingerprint density at radius 2 is 1.84 bits per heavy atom. The number of aromatic nitrogens is 2. The monoisotopic (exact) mass is 516 g/mol. The lowest BCUT2D eigenvalue weighted by atomic mass is 10.1. The van der Waals surface area contributed by atoms with Gasteiger partial charge in [-0.2, -0.15) is 9.78 Å². The van der Waals surface area contributed by atoms with Gasteiger partial charge in [-0.05, 0) is 60.9 Å². The summed E-state index contributed by atoms with van der Waals surface area (Å²) in [5, 5.41) is 21.2.